The lowest BCUT2D eigenvalue weighted by Gasteiger charge is -2.30. The molecule has 0 amide bonds. The molecule has 11 aromatic rings. The highest BCUT2D eigenvalue weighted by Crippen LogP contribution is 2.48. The van der Waals surface area contributed by atoms with Crippen molar-refractivity contribution in [2.24, 2.45) is 0 Å². The van der Waals surface area contributed by atoms with Gasteiger partial charge < -0.3 is 9.32 Å². The van der Waals surface area contributed by atoms with E-state index in [1.807, 2.05) is 11.3 Å². The molecule has 2 aromatic heterocycles. The van der Waals surface area contributed by atoms with Gasteiger partial charge >= 0.3 is 0 Å². The SMILES string of the molecule is c1ccc(-c2ccccc2N(c2ccc(-c3cccc4sc5ccccc5c34)cc2)c2ccccc2-c2cccc3oc4c5ccccc5ccc4c23)cc1. The van der Waals surface area contributed by atoms with E-state index in [4.69, 9.17) is 4.42 Å². The van der Waals surface area contributed by atoms with Crippen LogP contribution in [-0.2, 0) is 0 Å². The molecule has 0 saturated carbocycles. The molecule has 0 fully saturated rings. The molecular weight excluding hydrogens is 687 g/mol. The van der Waals surface area contributed by atoms with Crippen molar-refractivity contribution in [1.82, 2.24) is 0 Å². The van der Waals surface area contributed by atoms with Crippen LogP contribution >= 0.6 is 11.3 Å². The summed E-state index contributed by atoms with van der Waals surface area (Å²) in [7, 11) is 0. The van der Waals surface area contributed by atoms with E-state index >= 15 is 0 Å². The summed E-state index contributed by atoms with van der Waals surface area (Å²) in [6.07, 6.45) is 0. The molecule has 0 spiro atoms. The molecule has 2 heterocycles. The second kappa shape index (κ2) is 12.9. The van der Waals surface area contributed by atoms with Crippen LogP contribution in [0.25, 0.3) is 86.3 Å². The molecule has 9 aromatic carbocycles. The van der Waals surface area contributed by atoms with Crippen LogP contribution in [0, 0.1) is 0 Å². The molecule has 11 rings (SSSR count). The van der Waals surface area contributed by atoms with Gasteiger partial charge in [0.05, 0.1) is 11.4 Å². The number of hydrogen-bond acceptors (Lipinski definition) is 3. The van der Waals surface area contributed by atoms with Gasteiger partial charge in [0.1, 0.15) is 11.2 Å². The van der Waals surface area contributed by atoms with Crippen molar-refractivity contribution in [3.63, 3.8) is 0 Å². The first kappa shape index (κ1) is 31.6. The Morgan fingerprint density at radius 1 is 0.364 bits per heavy atom. The smallest absolute Gasteiger partial charge is 0.143 e. The number of thiophene rings is 1. The zero-order valence-corrected chi connectivity index (χ0v) is 30.6. The first-order valence-electron chi connectivity index (χ1n) is 18.7. The van der Waals surface area contributed by atoms with Crippen molar-refractivity contribution >= 4 is 81.3 Å². The van der Waals surface area contributed by atoms with Gasteiger partial charge in [0.25, 0.3) is 0 Å². The molecule has 258 valence electrons. The van der Waals surface area contributed by atoms with E-state index in [1.54, 1.807) is 0 Å². The predicted molar refractivity (Wildman–Crippen MR) is 235 cm³/mol. The number of furan rings is 1. The maximum atomic E-state index is 6.67. The molecule has 2 nitrogen and oxygen atoms in total. The summed E-state index contributed by atoms with van der Waals surface area (Å²) < 4.78 is 9.29. The summed E-state index contributed by atoms with van der Waals surface area (Å²) in [4.78, 5) is 2.43. The zero-order chi connectivity index (χ0) is 36.3. The van der Waals surface area contributed by atoms with E-state index in [2.05, 4.69) is 205 Å². The predicted octanol–water partition coefficient (Wildman–Crippen LogP) is 15.6. The number of rotatable bonds is 6. The third-order valence-corrected chi connectivity index (χ3v) is 12.0. The number of fused-ring (bicyclic) bond motifs is 8. The highest BCUT2D eigenvalue weighted by Gasteiger charge is 2.23. The maximum Gasteiger partial charge on any atom is 0.143 e. The molecule has 55 heavy (non-hydrogen) atoms. The van der Waals surface area contributed by atoms with E-state index in [9.17, 15) is 0 Å². The molecule has 0 N–H and O–H groups in total. The highest BCUT2D eigenvalue weighted by molar-refractivity contribution is 7.25. The lowest BCUT2D eigenvalue weighted by Crippen LogP contribution is -2.12. The van der Waals surface area contributed by atoms with Crippen molar-refractivity contribution in [1.29, 1.82) is 0 Å². The van der Waals surface area contributed by atoms with E-state index < -0.39 is 0 Å². The number of para-hydroxylation sites is 2. The summed E-state index contributed by atoms with van der Waals surface area (Å²) >= 11 is 1.86. The van der Waals surface area contributed by atoms with Gasteiger partial charge in [-0.2, -0.15) is 0 Å². The molecule has 0 aliphatic rings. The van der Waals surface area contributed by atoms with Crippen LogP contribution < -0.4 is 4.90 Å². The lowest BCUT2D eigenvalue weighted by atomic mass is 9.95. The number of benzene rings is 9. The van der Waals surface area contributed by atoms with Crippen LogP contribution in [0.2, 0.25) is 0 Å². The molecule has 0 aliphatic carbocycles. The standard InChI is InChI=1S/C52H33NOS/c1-2-14-34(15-3-1)38-17-6-9-23-45(38)53(37-31-28-36(29-32-37)39-21-13-27-49-51(39)43-20-8-11-26-48(43)55-49)46-24-10-7-19-41(46)42-22-12-25-47-50(42)44-33-30-35-16-4-5-18-40(35)52(44)54-47/h1-33H. The van der Waals surface area contributed by atoms with Crippen molar-refractivity contribution in [3.8, 4) is 33.4 Å². The van der Waals surface area contributed by atoms with Gasteiger partial charge in [-0.3, -0.25) is 0 Å². The van der Waals surface area contributed by atoms with E-state index in [0.717, 1.165) is 61.1 Å². The topological polar surface area (TPSA) is 16.4 Å². The van der Waals surface area contributed by atoms with Crippen molar-refractivity contribution in [2.75, 3.05) is 4.90 Å². The Kier molecular flexibility index (Phi) is 7.39. The monoisotopic (exact) mass is 719 g/mol. The Morgan fingerprint density at radius 3 is 1.84 bits per heavy atom. The average molecular weight is 720 g/mol. The maximum absolute atomic E-state index is 6.67. The number of hydrogen-bond donors (Lipinski definition) is 0. The van der Waals surface area contributed by atoms with E-state index in [0.29, 0.717) is 0 Å². The van der Waals surface area contributed by atoms with Crippen LogP contribution in [0.4, 0.5) is 17.1 Å². The third kappa shape index (κ3) is 5.16. The molecule has 0 saturated heterocycles. The lowest BCUT2D eigenvalue weighted by molar-refractivity contribution is 0.673. The first-order chi connectivity index (χ1) is 27.3. The third-order valence-electron chi connectivity index (χ3n) is 10.9. The molecule has 0 atom stereocenters. The molecule has 0 radical (unpaired) electrons. The Morgan fingerprint density at radius 2 is 0.982 bits per heavy atom. The van der Waals surface area contributed by atoms with E-state index in [-0.39, 0.29) is 0 Å². The quantitative estimate of drug-likeness (QED) is 0.170. The minimum absolute atomic E-state index is 0.884. The Labute approximate surface area is 322 Å². The van der Waals surface area contributed by atoms with Crippen molar-refractivity contribution in [3.05, 3.63) is 200 Å². The number of nitrogens with zero attached hydrogens (tertiary/aromatic N) is 1. The van der Waals surface area contributed by atoms with Crippen LogP contribution in [0.1, 0.15) is 0 Å². The molecule has 3 heteroatoms. The fraction of sp³-hybridized carbons (Fsp3) is 0. The zero-order valence-electron chi connectivity index (χ0n) is 29.8. The van der Waals surface area contributed by atoms with Crippen LogP contribution in [0.5, 0.6) is 0 Å². The Balaban J connectivity index is 1.13. The molecule has 0 bridgehead atoms. The largest absolute Gasteiger partial charge is 0.455 e. The fourth-order valence-electron chi connectivity index (χ4n) is 8.42. The second-order valence-corrected chi connectivity index (χ2v) is 15.1. The average Bonchev–Trinajstić information content (AvgIpc) is 3.84. The summed E-state index contributed by atoms with van der Waals surface area (Å²) in [5, 5.41) is 7.17. The second-order valence-electron chi connectivity index (χ2n) is 14.0. The normalized spacial score (nSPS) is 11.6. The minimum Gasteiger partial charge on any atom is -0.455 e. The summed E-state index contributed by atoms with van der Waals surface area (Å²) in [6, 6.07) is 72.1. The van der Waals surface area contributed by atoms with E-state index in [1.165, 1.54) is 42.2 Å². The molecule has 0 unspecified atom stereocenters. The summed E-state index contributed by atoms with van der Waals surface area (Å²) in [5.41, 5.74) is 12.1. The molecule has 0 aliphatic heterocycles. The Bertz CT molecular complexity index is 3210. The van der Waals surface area contributed by atoms with Crippen LogP contribution in [0.15, 0.2) is 205 Å². The van der Waals surface area contributed by atoms with Gasteiger partial charge in [0.2, 0.25) is 0 Å². The summed E-state index contributed by atoms with van der Waals surface area (Å²) in [5.74, 6) is 0. The van der Waals surface area contributed by atoms with Gasteiger partial charge in [-0.15, -0.1) is 11.3 Å². The van der Waals surface area contributed by atoms with Gasteiger partial charge in [-0.05, 0) is 76.2 Å². The van der Waals surface area contributed by atoms with Gasteiger partial charge in [-0.1, -0.05) is 152 Å². The van der Waals surface area contributed by atoms with Gasteiger partial charge in [0.15, 0.2) is 0 Å². The highest BCUT2D eigenvalue weighted by atomic mass is 32.1. The van der Waals surface area contributed by atoms with Gasteiger partial charge in [-0.25, -0.2) is 0 Å². The minimum atomic E-state index is 0.884. The molecular formula is C52H33NOS. The Hall–Kier alpha value is -6.94. The first-order valence-corrected chi connectivity index (χ1v) is 19.5. The van der Waals surface area contributed by atoms with Crippen LogP contribution in [0.3, 0.4) is 0 Å². The van der Waals surface area contributed by atoms with Gasteiger partial charge in [0, 0.05) is 53.1 Å². The summed E-state index contributed by atoms with van der Waals surface area (Å²) in [6.45, 7) is 0. The fourth-order valence-corrected chi connectivity index (χ4v) is 9.55. The number of anilines is 3. The van der Waals surface area contributed by atoms with Crippen molar-refractivity contribution < 1.29 is 4.42 Å². The van der Waals surface area contributed by atoms with Crippen LogP contribution in [-0.4, -0.2) is 0 Å². The van der Waals surface area contributed by atoms with Crippen molar-refractivity contribution in [2.45, 2.75) is 0 Å².